The molecule has 1 saturated heterocycles. The Morgan fingerprint density at radius 2 is 1.96 bits per heavy atom. The van der Waals surface area contributed by atoms with Crippen molar-refractivity contribution in [1.29, 1.82) is 0 Å². The first-order valence-corrected chi connectivity index (χ1v) is 9.10. The Morgan fingerprint density at radius 1 is 1.30 bits per heavy atom. The van der Waals surface area contributed by atoms with E-state index in [0.717, 1.165) is 5.56 Å². The van der Waals surface area contributed by atoms with Crippen molar-refractivity contribution in [2.24, 2.45) is 0 Å². The van der Waals surface area contributed by atoms with E-state index in [1.54, 1.807) is 12.1 Å². The SMILES string of the molecule is CN(C(=O)C(=O)NCCc1ccc(F)cc1)C1CCS(=O)(=O)C1. The van der Waals surface area contributed by atoms with Crippen molar-refractivity contribution >= 4 is 21.7 Å². The lowest BCUT2D eigenvalue weighted by atomic mass is 10.1. The molecule has 2 amide bonds. The predicted molar refractivity (Wildman–Crippen MR) is 82.9 cm³/mol. The van der Waals surface area contributed by atoms with Gasteiger partial charge in [0.1, 0.15) is 5.82 Å². The summed E-state index contributed by atoms with van der Waals surface area (Å²) in [5.41, 5.74) is 0.842. The van der Waals surface area contributed by atoms with E-state index >= 15 is 0 Å². The lowest BCUT2D eigenvalue weighted by molar-refractivity contribution is -0.146. The van der Waals surface area contributed by atoms with Gasteiger partial charge in [-0.15, -0.1) is 0 Å². The smallest absolute Gasteiger partial charge is 0.311 e. The summed E-state index contributed by atoms with van der Waals surface area (Å²) in [6, 6.07) is 5.43. The van der Waals surface area contributed by atoms with Gasteiger partial charge in [0.2, 0.25) is 0 Å². The summed E-state index contributed by atoms with van der Waals surface area (Å²) >= 11 is 0. The summed E-state index contributed by atoms with van der Waals surface area (Å²) in [6.07, 6.45) is 0.828. The van der Waals surface area contributed by atoms with Crippen LogP contribution in [0.2, 0.25) is 0 Å². The molecule has 8 heteroatoms. The molecule has 0 saturated carbocycles. The van der Waals surface area contributed by atoms with Gasteiger partial charge >= 0.3 is 11.8 Å². The number of sulfone groups is 1. The minimum absolute atomic E-state index is 0.0431. The molecule has 2 rings (SSSR count). The summed E-state index contributed by atoms with van der Waals surface area (Å²) < 4.78 is 35.6. The van der Waals surface area contributed by atoms with Crippen molar-refractivity contribution in [3.63, 3.8) is 0 Å². The number of carbonyl (C=O) groups is 2. The minimum atomic E-state index is -3.11. The molecule has 0 bridgehead atoms. The number of nitrogens with zero attached hydrogens (tertiary/aromatic N) is 1. The first-order chi connectivity index (χ1) is 10.8. The van der Waals surface area contributed by atoms with Gasteiger partial charge in [-0.1, -0.05) is 12.1 Å². The van der Waals surface area contributed by atoms with Crippen LogP contribution in [-0.4, -0.2) is 56.3 Å². The zero-order chi connectivity index (χ0) is 17.0. The van der Waals surface area contributed by atoms with Gasteiger partial charge in [0.15, 0.2) is 9.84 Å². The van der Waals surface area contributed by atoms with E-state index in [2.05, 4.69) is 5.32 Å². The van der Waals surface area contributed by atoms with E-state index in [1.807, 2.05) is 0 Å². The zero-order valence-electron chi connectivity index (χ0n) is 12.8. The molecular weight excluding hydrogens is 323 g/mol. The number of rotatable bonds is 4. The van der Waals surface area contributed by atoms with Crippen molar-refractivity contribution < 1.29 is 22.4 Å². The molecule has 1 unspecified atom stereocenters. The van der Waals surface area contributed by atoms with E-state index in [1.165, 1.54) is 24.1 Å². The molecule has 1 N–H and O–H groups in total. The van der Waals surface area contributed by atoms with Crippen molar-refractivity contribution in [3.05, 3.63) is 35.6 Å². The molecule has 0 radical (unpaired) electrons. The lowest BCUT2D eigenvalue weighted by Gasteiger charge is -2.22. The third kappa shape index (κ3) is 4.75. The first-order valence-electron chi connectivity index (χ1n) is 7.28. The van der Waals surface area contributed by atoms with Crippen molar-refractivity contribution in [2.45, 2.75) is 18.9 Å². The Kier molecular flexibility index (Phi) is 5.35. The Balaban J connectivity index is 1.80. The van der Waals surface area contributed by atoms with Gasteiger partial charge < -0.3 is 10.2 Å². The number of halogens is 1. The molecule has 126 valence electrons. The van der Waals surface area contributed by atoms with Crippen LogP contribution in [0.3, 0.4) is 0 Å². The molecule has 6 nitrogen and oxygen atoms in total. The third-order valence-electron chi connectivity index (χ3n) is 3.88. The van der Waals surface area contributed by atoms with E-state index < -0.39 is 27.7 Å². The van der Waals surface area contributed by atoms with E-state index in [9.17, 15) is 22.4 Å². The number of hydrogen-bond acceptors (Lipinski definition) is 4. The average Bonchev–Trinajstić information content (AvgIpc) is 2.87. The van der Waals surface area contributed by atoms with Gasteiger partial charge in [0.25, 0.3) is 0 Å². The molecular formula is C15H19FN2O4S. The molecule has 0 aliphatic carbocycles. The number of hydrogen-bond donors (Lipinski definition) is 1. The standard InChI is InChI=1S/C15H19FN2O4S/c1-18(13-7-9-23(21,22)10-13)15(20)14(19)17-8-6-11-2-4-12(16)5-3-11/h2-5,13H,6-10H2,1H3,(H,17,19). The quantitative estimate of drug-likeness (QED) is 0.789. The summed E-state index contributed by atoms with van der Waals surface area (Å²) in [5.74, 6) is -1.90. The van der Waals surface area contributed by atoms with Crippen LogP contribution in [0.25, 0.3) is 0 Å². The van der Waals surface area contributed by atoms with Crippen LogP contribution < -0.4 is 5.32 Å². The maximum absolute atomic E-state index is 12.8. The average molecular weight is 342 g/mol. The topological polar surface area (TPSA) is 83.6 Å². The molecule has 1 fully saturated rings. The number of nitrogens with one attached hydrogen (secondary N) is 1. The molecule has 1 aliphatic rings. The molecule has 1 heterocycles. The number of likely N-dealkylation sites (N-methyl/N-ethyl adjacent to an activating group) is 1. The second kappa shape index (κ2) is 7.08. The highest BCUT2D eigenvalue weighted by molar-refractivity contribution is 7.91. The van der Waals surface area contributed by atoms with Crippen LogP contribution in [-0.2, 0) is 25.8 Å². The first kappa shape index (κ1) is 17.4. The van der Waals surface area contributed by atoms with E-state index in [4.69, 9.17) is 0 Å². The van der Waals surface area contributed by atoms with Gasteiger partial charge in [-0.2, -0.15) is 0 Å². The third-order valence-corrected chi connectivity index (χ3v) is 5.63. The highest BCUT2D eigenvalue weighted by Crippen LogP contribution is 2.16. The van der Waals surface area contributed by atoms with Crippen LogP contribution in [0, 0.1) is 5.82 Å². The number of amides is 2. The Hall–Kier alpha value is -1.96. The summed E-state index contributed by atoms with van der Waals surface area (Å²) in [5, 5.41) is 2.50. The van der Waals surface area contributed by atoms with Gasteiger partial charge in [-0.3, -0.25) is 9.59 Å². The summed E-state index contributed by atoms with van der Waals surface area (Å²) in [4.78, 5) is 25.0. The van der Waals surface area contributed by atoms with Gasteiger partial charge in [0, 0.05) is 19.6 Å². The second-order valence-electron chi connectivity index (χ2n) is 5.61. The maximum atomic E-state index is 12.8. The fourth-order valence-corrected chi connectivity index (χ4v) is 4.23. The molecule has 0 spiro atoms. The van der Waals surface area contributed by atoms with E-state index in [0.29, 0.717) is 12.8 Å². The molecule has 23 heavy (non-hydrogen) atoms. The van der Waals surface area contributed by atoms with Crippen LogP contribution in [0.5, 0.6) is 0 Å². The normalized spacial score (nSPS) is 19.3. The Bertz CT molecular complexity index is 688. The van der Waals surface area contributed by atoms with Crippen molar-refractivity contribution in [1.82, 2.24) is 10.2 Å². The highest BCUT2D eigenvalue weighted by Gasteiger charge is 2.34. The molecule has 1 aromatic carbocycles. The Labute approximate surface area is 134 Å². The van der Waals surface area contributed by atoms with Crippen LogP contribution in [0.1, 0.15) is 12.0 Å². The number of carbonyl (C=O) groups excluding carboxylic acids is 2. The number of benzene rings is 1. The molecule has 1 aliphatic heterocycles. The second-order valence-corrected chi connectivity index (χ2v) is 7.83. The summed E-state index contributed by atoms with van der Waals surface area (Å²) in [6.45, 7) is 0.243. The fraction of sp³-hybridized carbons (Fsp3) is 0.467. The van der Waals surface area contributed by atoms with Gasteiger partial charge in [-0.05, 0) is 30.5 Å². The van der Waals surface area contributed by atoms with Crippen LogP contribution in [0.15, 0.2) is 24.3 Å². The van der Waals surface area contributed by atoms with E-state index in [-0.39, 0.29) is 23.9 Å². The Morgan fingerprint density at radius 3 is 2.52 bits per heavy atom. The molecule has 1 atom stereocenters. The zero-order valence-corrected chi connectivity index (χ0v) is 13.6. The van der Waals surface area contributed by atoms with Crippen molar-refractivity contribution in [2.75, 3.05) is 25.1 Å². The van der Waals surface area contributed by atoms with Crippen molar-refractivity contribution in [3.8, 4) is 0 Å². The maximum Gasteiger partial charge on any atom is 0.311 e. The molecule has 1 aromatic rings. The molecule has 0 aromatic heterocycles. The fourth-order valence-electron chi connectivity index (χ4n) is 2.45. The van der Waals surface area contributed by atoms with Gasteiger partial charge in [-0.25, -0.2) is 12.8 Å². The lowest BCUT2D eigenvalue weighted by Crippen LogP contribution is -2.46. The van der Waals surface area contributed by atoms with Crippen LogP contribution >= 0.6 is 0 Å². The van der Waals surface area contributed by atoms with Gasteiger partial charge in [0.05, 0.1) is 11.5 Å². The minimum Gasteiger partial charge on any atom is -0.347 e. The van der Waals surface area contributed by atoms with Crippen LogP contribution in [0.4, 0.5) is 4.39 Å². The summed E-state index contributed by atoms with van der Waals surface area (Å²) in [7, 11) is -1.67. The predicted octanol–water partition coefficient (Wildman–Crippen LogP) is 0.130. The largest absolute Gasteiger partial charge is 0.347 e. The highest BCUT2D eigenvalue weighted by atomic mass is 32.2. The monoisotopic (exact) mass is 342 g/mol.